The van der Waals surface area contributed by atoms with E-state index in [4.69, 9.17) is 16.9 Å². The van der Waals surface area contributed by atoms with Crippen molar-refractivity contribution in [2.45, 2.75) is 38.3 Å². The second-order valence-electron chi connectivity index (χ2n) is 8.54. The summed E-state index contributed by atoms with van der Waals surface area (Å²) in [6, 6.07) is 7.72. The minimum atomic E-state index is -1.02. The number of pyridine rings is 1. The van der Waals surface area contributed by atoms with Crippen LogP contribution in [0.25, 0.3) is 0 Å². The summed E-state index contributed by atoms with van der Waals surface area (Å²) >= 11 is 6.35. The molecule has 11 heteroatoms. The number of rotatable bonds is 6. The molecule has 1 fully saturated rings. The SMILES string of the molecule is Cn1nc(Nc2ncc(Cl)c(NC3CCN(c4ccc(C#N)cn4)CC3)n2)cc1C(C)(C)O. The summed E-state index contributed by atoms with van der Waals surface area (Å²) in [4.78, 5) is 15.4. The predicted octanol–water partition coefficient (Wildman–Crippen LogP) is 3.18. The number of hydrogen-bond donors (Lipinski definition) is 3. The molecule has 0 saturated carbocycles. The molecule has 3 N–H and O–H groups in total. The van der Waals surface area contributed by atoms with Gasteiger partial charge < -0.3 is 20.6 Å². The highest BCUT2D eigenvalue weighted by Crippen LogP contribution is 2.27. The molecule has 0 bridgehead atoms. The molecule has 0 unspecified atom stereocenters. The Morgan fingerprint density at radius 3 is 2.58 bits per heavy atom. The lowest BCUT2D eigenvalue weighted by Gasteiger charge is -2.33. The van der Waals surface area contributed by atoms with Crippen molar-refractivity contribution in [2.24, 2.45) is 7.05 Å². The molecule has 4 rings (SSSR count). The highest BCUT2D eigenvalue weighted by Gasteiger charge is 2.23. The van der Waals surface area contributed by atoms with Gasteiger partial charge in [-0.1, -0.05) is 11.6 Å². The first-order valence-corrected chi connectivity index (χ1v) is 11.0. The number of aromatic nitrogens is 5. The van der Waals surface area contributed by atoms with Gasteiger partial charge in [0.2, 0.25) is 5.95 Å². The first-order valence-electron chi connectivity index (χ1n) is 10.7. The minimum Gasteiger partial charge on any atom is -0.384 e. The van der Waals surface area contributed by atoms with E-state index in [0.717, 1.165) is 31.7 Å². The molecule has 33 heavy (non-hydrogen) atoms. The molecule has 0 spiro atoms. The van der Waals surface area contributed by atoms with Crippen molar-refractivity contribution < 1.29 is 5.11 Å². The van der Waals surface area contributed by atoms with Crippen LogP contribution in [-0.4, -0.2) is 49.0 Å². The van der Waals surface area contributed by atoms with Gasteiger partial charge in [-0.2, -0.15) is 15.3 Å². The monoisotopic (exact) mass is 467 g/mol. The van der Waals surface area contributed by atoms with E-state index in [9.17, 15) is 5.11 Å². The van der Waals surface area contributed by atoms with Crippen molar-refractivity contribution in [2.75, 3.05) is 28.6 Å². The van der Waals surface area contributed by atoms with Crippen LogP contribution in [0.1, 0.15) is 37.9 Å². The van der Waals surface area contributed by atoms with Crippen molar-refractivity contribution in [1.82, 2.24) is 24.7 Å². The summed E-state index contributed by atoms with van der Waals surface area (Å²) in [7, 11) is 1.77. The van der Waals surface area contributed by atoms with E-state index in [1.807, 2.05) is 6.07 Å². The van der Waals surface area contributed by atoms with Crippen molar-refractivity contribution in [3.63, 3.8) is 0 Å². The third-order valence-corrected chi connectivity index (χ3v) is 5.80. The first-order chi connectivity index (χ1) is 15.7. The standard InChI is InChI=1S/C22H26ClN9O/c1-22(2,33)17-10-18(30-31(17)3)28-21-26-13-16(23)20(29-21)27-15-6-8-32(9-7-15)19-5-4-14(11-24)12-25-19/h4-5,10,12-13,15,33H,6-9H2,1-3H3,(H2,26,27,28,29,30). The fraction of sp³-hybridized carbons (Fsp3) is 0.409. The number of halogens is 1. The van der Waals surface area contributed by atoms with Gasteiger partial charge in [0.15, 0.2) is 11.6 Å². The number of aryl methyl sites for hydroxylation is 1. The van der Waals surface area contributed by atoms with E-state index >= 15 is 0 Å². The van der Waals surface area contributed by atoms with E-state index < -0.39 is 5.60 Å². The quantitative estimate of drug-likeness (QED) is 0.500. The van der Waals surface area contributed by atoms with Crippen molar-refractivity contribution >= 4 is 35.0 Å². The number of piperidine rings is 1. The molecule has 0 amide bonds. The average molecular weight is 468 g/mol. The first kappa shape index (κ1) is 22.8. The lowest BCUT2D eigenvalue weighted by Crippen LogP contribution is -2.39. The Morgan fingerprint density at radius 2 is 1.97 bits per heavy atom. The molecule has 0 radical (unpaired) electrons. The van der Waals surface area contributed by atoms with Gasteiger partial charge in [-0.3, -0.25) is 4.68 Å². The Kier molecular flexibility index (Phi) is 6.35. The Balaban J connectivity index is 1.39. The van der Waals surface area contributed by atoms with E-state index in [0.29, 0.717) is 33.9 Å². The summed E-state index contributed by atoms with van der Waals surface area (Å²) < 4.78 is 1.62. The van der Waals surface area contributed by atoms with Gasteiger partial charge in [-0.05, 0) is 38.8 Å². The van der Waals surface area contributed by atoms with Crippen LogP contribution >= 0.6 is 11.6 Å². The number of nitrogens with one attached hydrogen (secondary N) is 2. The molecule has 1 aliphatic heterocycles. The van der Waals surface area contributed by atoms with Crippen LogP contribution in [0.2, 0.25) is 5.02 Å². The van der Waals surface area contributed by atoms with Crippen LogP contribution in [0.3, 0.4) is 0 Å². The normalized spacial score (nSPS) is 14.7. The second-order valence-corrected chi connectivity index (χ2v) is 8.94. The maximum absolute atomic E-state index is 10.3. The van der Waals surface area contributed by atoms with Gasteiger partial charge in [0.1, 0.15) is 22.5 Å². The number of hydrogen-bond acceptors (Lipinski definition) is 9. The third-order valence-electron chi connectivity index (χ3n) is 5.53. The Labute approximate surface area is 197 Å². The third kappa shape index (κ3) is 5.32. The molecular weight excluding hydrogens is 442 g/mol. The molecule has 4 heterocycles. The van der Waals surface area contributed by atoms with Crippen molar-refractivity contribution in [3.8, 4) is 6.07 Å². The molecule has 1 aliphatic rings. The van der Waals surface area contributed by atoms with Gasteiger partial charge in [-0.15, -0.1) is 0 Å². The summed E-state index contributed by atoms with van der Waals surface area (Å²) in [5.74, 6) is 2.33. The van der Waals surface area contributed by atoms with Gasteiger partial charge in [0, 0.05) is 38.4 Å². The molecule has 3 aromatic heterocycles. The van der Waals surface area contributed by atoms with Crippen LogP contribution in [-0.2, 0) is 12.6 Å². The summed E-state index contributed by atoms with van der Waals surface area (Å²) in [6.45, 7) is 5.07. The average Bonchev–Trinajstić information content (AvgIpc) is 3.17. The highest BCUT2D eigenvalue weighted by atomic mass is 35.5. The van der Waals surface area contributed by atoms with Crippen molar-refractivity contribution in [3.05, 3.63) is 46.9 Å². The summed E-state index contributed by atoms with van der Waals surface area (Å²) in [6.07, 6.45) is 4.93. The van der Waals surface area contributed by atoms with Gasteiger partial charge in [0.05, 0.1) is 17.5 Å². The van der Waals surface area contributed by atoms with E-state index in [-0.39, 0.29) is 6.04 Å². The van der Waals surface area contributed by atoms with Crippen molar-refractivity contribution in [1.29, 1.82) is 5.26 Å². The topological polar surface area (TPSA) is 128 Å². The fourth-order valence-corrected chi connectivity index (χ4v) is 3.98. The molecule has 1 saturated heterocycles. The van der Waals surface area contributed by atoms with E-state index in [2.05, 4.69) is 41.7 Å². The number of aliphatic hydroxyl groups is 1. The number of nitrogens with zero attached hydrogens (tertiary/aromatic N) is 7. The van der Waals surface area contributed by atoms with Gasteiger partial charge in [-0.25, -0.2) is 9.97 Å². The lowest BCUT2D eigenvalue weighted by atomic mass is 10.0. The fourth-order valence-electron chi connectivity index (χ4n) is 3.83. The molecule has 0 aliphatic carbocycles. The highest BCUT2D eigenvalue weighted by molar-refractivity contribution is 6.32. The molecule has 10 nitrogen and oxygen atoms in total. The number of anilines is 4. The Bertz CT molecular complexity index is 1160. The Morgan fingerprint density at radius 1 is 1.21 bits per heavy atom. The van der Waals surface area contributed by atoms with Crippen LogP contribution in [0, 0.1) is 11.3 Å². The predicted molar refractivity (Wildman–Crippen MR) is 127 cm³/mol. The van der Waals surface area contributed by atoms with Crippen LogP contribution < -0.4 is 15.5 Å². The van der Waals surface area contributed by atoms with Crippen LogP contribution in [0.4, 0.5) is 23.4 Å². The lowest BCUT2D eigenvalue weighted by molar-refractivity contribution is 0.0696. The zero-order valence-electron chi connectivity index (χ0n) is 18.7. The maximum Gasteiger partial charge on any atom is 0.230 e. The molecule has 172 valence electrons. The van der Waals surface area contributed by atoms with Crippen LogP contribution in [0.15, 0.2) is 30.6 Å². The molecular formula is C22H26ClN9O. The summed E-state index contributed by atoms with van der Waals surface area (Å²) in [5.41, 5.74) is 0.207. The van der Waals surface area contributed by atoms with E-state index in [1.165, 1.54) is 0 Å². The maximum atomic E-state index is 10.3. The van der Waals surface area contributed by atoms with E-state index in [1.54, 1.807) is 50.1 Å². The minimum absolute atomic E-state index is 0.205. The zero-order valence-corrected chi connectivity index (χ0v) is 19.5. The van der Waals surface area contributed by atoms with Gasteiger partial charge >= 0.3 is 0 Å². The second kappa shape index (κ2) is 9.21. The number of nitriles is 1. The van der Waals surface area contributed by atoms with Gasteiger partial charge in [0.25, 0.3) is 0 Å². The molecule has 0 atom stereocenters. The smallest absolute Gasteiger partial charge is 0.230 e. The Hall–Kier alpha value is -3.42. The molecule has 0 aromatic carbocycles. The largest absolute Gasteiger partial charge is 0.384 e. The molecule has 3 aromatic rings. The summed E-state index contributed by atoms with van der Waals surface area (Å²) in [5, 5.41) is 30.5. The zero-order chi connectivity index (χ0) is 23.6. The van der Waals surface area contributed by atoms with Crippen LogP contribution in [0.5, 0.6) is 0 Å².